The van der Waals surface area contributed by atoms with Crippen LogP contribution in [0.15, 0.2) is 46.5 Å². The lowest BCUT2D eigenvalue weighted by Gasteiger charge is -2.13. The number of rotatable bonds is 7. The molecule has 2 aromatic rings. The maximum Gasteiger partial charge on any atom is 0.341 e. The van der Waals surface area contributed by atoms with Gasteiger partial charge in [-0.3, -0.25) is 4.79 Å². The number of aryl methyl sites for hydroxylation is 2. The van der Waals surface area contributed by atoms with Crippen LogP contribution < -0.4 is 5.32 Å². The summed E-state index contributed by atoms with van der Waals surface area (Å²) < 4.78 is 5.21. The number of pyridine rings is 1. The molecule has 1 fully saturated rings. The molecule has 1 aromatic heterocycles. The smallest absolute Gasteiger partial charge is 0.341 e. The quantitative estimate of drug-likeness (QED) is 0.733. The Balaban J connectivity index is 1.62. The van der Waals surface area contributed by atoms with E-state index in [9.17, 15) is 9.59 Å². The first-order chi connectivity index (χ1) is 12.9. The Morgan fingerprint density at radius 3 is 2.74 bits per heavy atom. The molecule has 5 nitrogen and oxygen atoms in total. The Morgan fingerprint density at radius 1 is 1.26 bits per heavy atom. The normalized spacial score (nSPS) is 14.5. The van der Waals surface area contributed by atoms with E-state index in [1.807, 2.05) is 26.0 Å². The highest BCUT2D eigenvalue weighted by Gasteiger charge is 2.29. The minimum Gasteiger partial charge on any atom is -0.452 e. The van der Waals surface area contributed by atoms with Gasteiger partial charge in [0.25, 0.3) is 5.91 Å². The van der Waals surface area contributed by atoms with Gasteiger partial charge in [0.1, 0.15) is 5.03 Å². The van der Waals surface area contributed by atoms with E-state index in [0.717, 1.165) is 17.7 Å². The Morgan fingerprint density at radius 2 is 2.04 bits per heavy atom. The molecule has 1 amide bonds. The molecule has 1 heterocycles. The van der Waals surface area contributed by atoms with E-state index in [4.69, 9.17) is 4.74 Å². The highest BCUT2D eigenvalue weighted by molar-refractivity contribution is 7.99. The Bertz CT molecular complexity index is 849. The van der Waals surface area contributed by atoms with E-state index in [-0.39, 0.29) is 18.6 Å². The van der Waals surface area contributed by atoms with Gasteiger partial charge in [0, 0.05) is 17.1 Å². The van der Waals surface area contributed by atoms with Crippen molar-refractivity contribution in [3.63, 3.8) is 0 Å². The molecule has 0 radical (unpaired) electrons. The lowest BCUT2D eigenvalue weighted by molar-refractivity contribution is -0.125. The van der Waals surface area contributed by atoms with Crippen molar-refractivity contribution in [3.05, 3.63) is 53.2 Å². The van der Waals surface area contributed by atoms with Crippen LogP contribution in [0.3, 0.4) is 0 Å². The highest BCUT2D eigenvalue weighted by Crippen LogP contribution is 2.32. The van der Waals surface area contributed by atoms with Crippen LogP contribution >= 0.6 is 11.8 Å². The fourth-order valence-corrected chi connectivity index (χ4v) is 3.70. The molecule has 0 unspecified atom stereocenters. The number of esters is 1. The molecule has 1 aliphatic rings. The van der Waals surface area contributed by atoms with Crippen molar-refractivity contribution < 1.29 is 14.3 Å². The number of nitrogens with one attached hydrogen (secondary N) is 1. The second-order valence-corrected chi connectivity index (χ2v) is 8.04. The number of nitrogens with zero attached hydrogens (tertiary/aromatic N) is 1. The van der Waals surface area contributed by atoms with E-state index < -0.39 is 5.97 Å². The summed E-state index contributed by atoms with van der Waals surface area (Å²) in [6.45, 7) is 5.81. The van der Waals surface area contributed by atoms with E-state index >= 15 is 0 Å². The standard InChI is InChI=1S/C21H24N2O3S/c1-13-6-9-17(11-14(13)2)27-20-18(5-4-10-22-20)21(25)26-12-19(24)23-15(3)16-7-8-16/h4-6,9-11,15-16H,7-8,12H2,1-3H3,(H,23,24)/t15-/m1/s1. The molecular formula is C21H24N2O3S. The molecule has 1 saturated carbocycles. The van der Waals surface area contributed by atoms with Crippen molar-refractivity contribution in [2.45, 2.75) is 49.6 Å². The third kappa shape index (κ3) is 5.32. The van der Waals surface area contributed by atoms with Gasteiger partial charge in [-0.25, -0.2) is 9.78 Å². The highest BCUT2D eigenvalue weighted by atomic mass is 32.2. The van der Waals surface area contributed by atoms with Crippen LogP contribution in [0.4, 0.5) is 0 Å². The number of carbonyl (C=O) groups is 2. The average Bonchev–Trinajstić information content (AvgIpc) is 3.48. The van der Waals surface area contributed by atoms with Crippen molar-refractivity contribution in [2.24, 2.45) is 5.92 Å². The Kier molecular flexibility index (Phi) is 6.16. The first-order valence-electron chi connectivity index (χ1n) is 9.10. The molecule has 1 aliphatic carbocycles. The number of ether oxygens (including phenoxy) is 1. The molecule has 1 aromatic carbocycles. The molecule has 0 aliphatic heterocycles. The first kappa shape index (κ1) is 19.4. The summed E-state index contributed by atoms with van der Waals surface area (Å²) in [4.78, 5) is 29.7. The minimum absolute atomic E-state index is 0.130. The summed E-state index contributed by atoms with van der Waals surface area (Å²) in [6, 6.07) is 9.61. The molecule has 27 heavy (non-hydrogen) atoms. The summed E-state index contributed by atoms with van der Waals surface area (Å²) in [5.41, 5.74) is 2.76. The summed E-state index contributed by atoms with van der Waals surface area (Å²) >= 11 is 1.41. The van der Waals surface area contributed by atoms with Gasteiger partial charge in [0.15, 0.2) is 6.61 Å². The van der Waals surface area contributed by atoms with E-state index in [1.165, 1.54) is 22.9 Å². The number of hydrogen-bond donors (Lipinski definition) is 1. The average molecular weight is 385 g/mol. The van der Waals surface area contributed by atoms with Crippen LogP contribution in [0, 0.1) is 19.8 Å². The van der Waals surface area contributed by atoms with Gasteiger partial charge in [0.2, 0.25) is 0 Å². The second kappa shape index (κ2) is 8.57. The number of amides is 1. The van der Waals surface area contributed by atoms with Crippen LogP contribution in [-0.2, 0) is 9.53 Å². The van der Waals surface area contributed by atoms with Gasteiger partial charge in [0.05, 0.1) is 5.56 Å². The van der Waals surface area contributed by atoms with Crippen LogP contribution in [0.2, 0.25) is 0 Å². The van der Waals surface area contributed by atoms with Crippen LogP contribution in [-0.4, -0.2) is 29.5 Å². The van der Waals surface area contributed by atoms with E-state index in [2.05, 4.69) is 23.3 Å². The predicted molar refractivity (Wildman–Crippen MR) is 105 cm³/mol. The minimum atomic E-state index is -0.538. The molecule has 0 spiro atoms. The third-order valence-corrected chi connectivity index (χ3v) is 5.74. The van der Waals surface area contributed by atoms with Gasteiger partial charge in [-0.15, -0.1) is 0 Å². The zero-order chi connectivity index (χ0) is 19.4. The molecule has 1 atom stereocenters. The Hall–Kier alpha value is -2.34. The van der Waals surface area contributed by atoms with Gasteiger partial charge in [-0.05, 0) is 74.9 Å². The summed E-state index contributed by atoms with van der Waals surface area (Å²) in [5, 5.41) is 3.44. The van der Waals surface area contributed by atoms with Crippen molar-refractivity contribution >= 4 is 23.6 Å². The molecule has 6 heteroatoms. The number of hydrogen-bond acceptors (Lipinski definition) is 5. The lowest BCUT2D eigenvalue weighted by Crippen LogP contribution is -2.37. The van der Waals surface area contributed by atoms with E-state index in [1.54, 1.807) is 18.3 Å². The van der Waals surface area contributed by atoms with Gasteiger partial charge < -0.3 is 10.1 Å². The zero-order valence-electron chi connectivity index (χ0n) is 15.8. The SMILES string of the molecule is Cc1ccc(Sc2ncccc2C(=O)OCC(=O)N[C@H](C)C2CC2)cc1C. The number of benzene rings is 1. The second-order valence-electron chi connectivity index (χ2n) is 6.97. The molecule has 3 rings (SSSR count). The predicted octanol–water partition coefficient (Wildman–Crippen LogP) is 3.92. The third-order valence-electron chi connectivity index (χ3n) is 4.74. The van der Waals surface area contributed by atoms with Crippen molar-refractivity contribution in [1.82, 2.24) is 10.3 Å². The van der Waals surface area contributed by atoms with Gasteiger partial charge in [-0.2, -0.15) is 0 Å². The number of carbonyl (C=O) groups excluding carboxylic acids is 2. The number of aromatic nitrogens is 1. The largest absolute Gasteiger partial charge is 0.452 e. The van der Waals surface area contributed by atoms with Crippen LogP contribution in [0.25, 0.3) is 0 Å². The topological polar surface area (TPSA) is 68.3 Å². The van der Waals surface area contributed by atoms with Crippen LogP contribution in [0.1, 0.15) is 41.3 Å². The first-order valence-corrected chi connectivity index (χ1v) is 9.92. The summed E-state index contributed by atoms with van der Waals surface area (Å²) in [6.07, 6.45) is 3.94. The van der Waals surface area contributed by atoms with Crippen molar-refractivity contribution in [3.8, 4) is 0 Å². The molecule has 0 bridgehead atoms. The maximum atomic E-state index is 12.5. The van der Waals surface area contributed by atoms with E-state index in [0.29, 0.717) is 16.5 Å². The molecule has 142 valence electrons. The molecular weight excluding hydrogens is 360 g/mol. The Labute approximate surface area is 163 Å². The summed E-state index contributed by atoms with van der Waals surface area (Å²) in [7, 11) is 0. The monoisotopic (exact) mass is 384 g/mol. The van der Waals surface area contributed by atoms with Crippen molar-refractivity contribution in [1.29, 1.82) is 0 Å². The summed E-state index contributed by atoms with van der Waals surface area (Å²) in [5.74, 6) is -0.248. The fraction of sp³-hybridized carbons (Fsp3) is 0.381. The molecule has 0 saturated heterocycles. The molecule has 1 N–H and O–H groups in total. The fourth-order valence-electron chi connectivity index (χ4n) is 2.74. The maximum absolute atomic E-state index is 12.5. The van der Waals surface area contributed by atoms with Gasteiger partial charge >= 0.3 is 5.97 Å². The lowest BCUT2D eigenvalue weighted by atomic mass is 10.1. The van der Waals surface area contributed by atoms with Crippen molar-refractivity contribution in [2.75, 3.05) is 6.61 Å². The zero-order valence-corrected chi connectivity index (χ0v) is 16.6. The van der Waals surface area contributed by atoms with Gasteiger partial charge in [-0.1, -0.05) is 17.8 Å². The van der Waals surface area contributed by atoms with Crippen LogP contribution in [0.5, 0.6) is 0 Å².